The van der Waals surface area contributed by atoms with Crippen LogP contribution < -0.4 is 5.32 Å². The Morgan fingerprint density at radius 1 is 0.870 bits per heavy atom. The van der Waals surface area contributed by atoms with Crippen LogP contribution in [0.4, 0.5) is 0 Å². The van der Waals surface area contributed by atoms with Gasteiger partial charge in [0.2, 0.25) is 0 Å². The summed E-state index contributed by atoms with van der Waals surface area (Å²) in [7, 11) is 6.55. The van der Waals surface area contributed by atoms with Crippen LogP contribution >= 0.6 is 0 Å². The topological polar surface area (TPSA) is 21.8 Å². The van der Waals surface area contributed by atoms with E-state index in [-0.39, 0.29) is 0 Å². The maximum Gasteiger partial charge on any atom is 0.0113 e. The van der Waals surface area contributed by atoms with Crippen molar-refractivity contribution < 1.29 is 0 Å². The molecule has 2 atom stereocenters. The summed E-state index contributed by atoms with van der Waals surface area (Å²) in [6.07, 6.45) is 8.00. The molecule has 1 N–H and O–H groups in total. The van der Waals surface area contributed by atoms with Crippen molar-refractivity contribution in [3.05, 3.63) is 0 Å². The molecule has 136 valence electrons. The van der Waals surface area contributed by atoms with E-state index in [1.165, 1.54) is 64.7 Å². The van der Waals surface area contributed by atoms with Gasteiger partial charge in [0.05, 0.1) is 0 Å². The summed E-state index contributed by atoms with van der Waals surface area (Å²) in [5, 5.41) is 3.43. The van der Waals surface area contributed by atoms with Crippen LogP contribution in [0.2, 0.25) is 0 Å². The summed E-state index contributed by atoms with van der Waals surface area (Å²) in [5.41, 5.74) is 0. The second-order valence-electron chi connectivity index (χ2n) is 8.11. The fourth-order valence-corrected chi connectivity index (χ4v) is 4.32. The van der Waals surface area contributed by atoms with Crippen molar-refractivity contribution in [2.45, 2.75) is 76.5 Å². The van der Waals surface area contributed by atoms with Crippen molar-refractivity contribution in [2.75, 3.05) is 47.3 Å². The average molecular weight is 325 g/mol. The summed E-state index contributed by atoms with van der Waals surface area (Å²) in [6, 6.07) is 3.03. The van der Waals surface area contributed by atoms with E-state index in [1.807, 2.05) is 0 Å². The van der Waals surface area contributed by atoms with Crippen molar-refractivity contribution in [1.29, 1.82) is 0 Å². The average Bonchev–Trinajstić information content (AvgIpc) is 2.59. The van der Waals surface area contributed by atoms with Gasteiger partial charge in [-0.15, -0.1) is 0 Å². The first-order chi connectivity index (χ1) is 11.0. The van der Waals surface area contributed by atoms with Crippen LogP contribution in [0.15, 0.2) is 0 Å². The molecule has 0 aliphatic carbocycles. The number of nitrogens with one attached hydrogen (secondary N) is 1. The van der Waals surface area contributed by atoms with Crippen LogP contribution in [0.1, 0.15) is 52.4 Å². The molecule has 0 aromatic heterocycles. The van der Waals surface area contributed by atoms with Gasteiger partial charge in [0.25, 0.3) is 0 Å². The van der Waals surface area contributed by atoms with Crippen LogP contribution in [-0.4, -0.2) is 86.2 Å². The summed E-state index contributed by atoms with van der Waals surface area (Å²) >= 11 is 0. The largest absolute Gasteiger partial charge is 0.317 e. The zero-order chi connectivity index (χ0) is 16.8. The molecule has 2 heterocycles. The molecule has 4 heteroatoms. The molecule has 2 saturated heterocycles. The van der Waals surface area contributed by atoms with Crippen LogP contribution in [0.5, 0.6) is 0 Å². The zero-order valence-electron chi connectivity index (χ0n) is 16.2. The monoisotopic (exact) mass is 324 g/mol. The van der Waals surface area contributed by atoms with Gasteiger partial charge in [-0.1, -0.05) is 0 Å². The molecule has 0 radical (unpaired) electrons. The molecule has 0 saturated carbocycles. The van der Waals surface area contributed by atoms with E-state index in [4.69, 9.17) is 0 Å². The Balaban J connectivity index is 1.65. The van der Waals surface area contributed by atoms with Crippen molar-refractivity contribution in [1.82, 2.24) is 20.0 Å². The van der Waals surface area contributed by atoms with Gasteiger partial charge in [-0.25, -0.2) is 0 Å². The number of hydrogen-bond acceptors (Lipinski definition) is 4. The Kier molecular flexibility index (Phi) is 7.80. The van der Waals surface area contributed by atoms with E-state index >= 15 is 0 Å². The summed E-state index contributed by atoms with van der Waals surface area (Å²) in [5.74, 6) is 0. The molecule has 2 aliphatic rings. The molecular formula is C19H40N4. The molecule has 2 unspecified atom stereocenters. The molecule has 23 heavy (non-hydrogen) atoms. The summed E-state index contributed by atoms with van der Waals surface area (Å²) in [6.45, 7) is 9.99. The first-order valence-electron chi connectivity index (χ1n) is 9.83. The molecule has 4 nitrogen and oxygen atoms in total. The maximum atomic E-state index is 3.43. The predicted octanol–water partition coefficient (Wildman–Crippen LogP) is 2.25. The minimum atomic E-state index is 0.745. The molecule has 0 aromatic carbocycles. The SMILES string of the molecule is CNC1CCN(C(C)CCC(C)N2CCC(N(C)C)CC2)CC1. The molecule has 0 bridgehead atoms. The van der Waals surface area contributed by atoms with Crippen LogP contribution in [0, 0.1) is 0 Å². The normalized spacial score (nSPS) is 25.8. The first-order valence-corrected chi connectivity index (χ1v) is 9.83. The minimum absolute atomic E-state index is 0.745. The smallest absolute Gasteiger partial charge is 0.0113 e. The third kappa shape index (κ3) is 5.70. The first kappa shape index (κ1) is 19.2. The number of nitrogens with zero attached hydrogens (tertiary/aromatic N) is 3. The molecule has 2 fully saturated rings. The van der Waals surface area contributed by atoms with Crippen LogP contribution in [0.3, 0.4) is 0 Å². The Labute approximate surface area is 144 Å². The number of hydrogen-bond donors (Lipinski definition) is 1. The molecular weight excluding hydrogens is 284 g/mol. The van der Waals surface area contributed by atoms with E-state index in [1.54, 1.807) is 0 Å². The van der Waals surface area contributed by atoms with Crippen molar-refractivity contribution >= 4 is 0 Å². The van der Waals surface area contributed by atoms with Crippen LogP contribution in [-0.2, 0) is 0 Å². The lowest BCUT2D eigenvalue weighted by molar-refractivity contribution is 0.0985. The van der Waals surface area contributed by atoms with E-state index < -0.39 is 0 Å². The highest BCUT2D eigenvalue weighted by molar-refractivity contribution is 4.82. The molecule has 0 spiro atoms. The van der Waals surface area contributed by atoms with Gasteiger partial charge in [-0.3, -0.25) is 0 Å². The van der Waals surface area contributed by atoms with Gasteiger partial charge >= 0.3 is 0 Å². The predicted molar refractivity (Wildman–Crippen MR) is 100 cm³/mol. The number of likely N-dealkylation sites (tertiary alicyclic amines) is 2. The lowest BCUT2D eigenvalue weighted by Crippen LogP contribution is -2.47. The Bertz CT molecular complexity index is 317. The van der Waals surface area contributed by atoms with Crippen molar-refractivity contribution in [3.63, 3.8) is 0 Å². The third-order valence-corrected chi connectivity index (χ3v) is 6.42. The fourth-order valence-electron chi connectivity index (χ4n) is 4.32. The van der Waals surface area contributed by atoms with Crippen LogP contribution in [0.25, 0.3) is 0 Å². The van der Waals surface area contributed by atoms with Gasteiger partial charge in [-0.2, -0.15) is 0 Å². The van der Waals surface area contributed by atoms with E-state index in [2.05, 4.69) is 55.0 Å². The standard InChI is InChI=1S/C19H40N4/c1-16(22-12-8-18(20-3)9-13-22)6-7-17(2)23-14-10-19(11-15-23)21(4)5/h16-20H,6-15H2,1-5H3. The lowest BCUT2D eigenvalue weighted by atomic mass is 9.98. The molecule has 0 aromatic rings. The highest BCUT2D eigenvalue weighted by Crippen LogP contribution is 2.21. The highest BCUT2D eigenvalue weighted by Gasteiger charge is 2.25. The Morgan fingerprint density at radius 2 is 1.30 bits per heavy atom. The van der Waals surface area contributed by atoms with Gasteiger partial charge in [-0.05, 0) is 99.7 Å². The molecule has 2 aliphatic heterocycles. The minimum Gasteiger partial charge on any atom is -0.317 e. The van der Waals surface area contributed by atoms with Gasteiger partial charge < -0.3 is 20.0 Å². The fraction of sp³-hybridized carbons (Fsp3) is 1.00. The lowest BCUT2D eigenvalue weighted by Gasteiger charge is -2.40. The maximum absolute atomic E-state index is 3.43. The zero-order valence-corrected chi connectivity index (χ0v) is 16.2. The molecule has 2 rings (SSSR count). The van der Waals surface area contributed by atoms with Crippen molar-refractivity contribution in [2.24, 2.45) is 0 Å². The van der Waals surface area contributed by atoms with Crippen molar-refractivity contribution in [3.8, 4) is 0 Å². The number of rotatable bonds is 7. The third-order valence-electron chi connectivity index (χ3n) is 6.42. The summed E-state index contributed by atoms with van der Waals surface area (Å²) in [4.78, 5) is 7.83. The molecule has 0 amide bonds. The Morgan fingerprint density at radius 3 is 1.70 bits per heavy atom. The van der Waals surface area contributed by atoms with Gasteiger partial charge in [0.15, 0.2) is 0 Å². The van der Waals surface area contributed by atoms with Gasteiger partial charge in [0, 0.05) is 24.2 Å². The van der Waals surface area contributed by atoms with E-state index in [0.29, 0.717) is 0 Å². The quantitative estimate of drug-likeness (QED) is 0.775. The summed E-state index contributed by atoms with van der Waals surface area (Å²) < 4.78 is 0. The second-order valence-corrected chi connectivity index (χ2v) is 8.11. The van der Waals surface area contributed by atoms with E-state index in [9.17, 15) is 0 Å². The highest BCUT2D eigenvalue weighted by atomic mass is 15.2. The van der Waals surface area contributed by atoms with E-state index in [0.717, 1.165) is 24.2 Å². The Hall–Kier alpha value is -0.160. The van der Waals surface area contributed by atoms with Gasteiger partial charge in [0.1, 0.15) is 0 Å². The number of piperidine rings is 2. The second kappa shape index (κ2) is 9.36.